The van der Waals surface area contributed by atoms with E-state index in [-0.39, 0.29) is 5.91 Å². The predicted octanol–water partition coefficient (Wildman–Crippen LogP) is 2.53. The Labute approximate surface area is 145 Å². The summed E-state index contributed by atoms with van der Waals surface area (Å²) in [5.41, 5.74) is 0.663. The molecule has 1 saturated carbocycles. The Balaban J connectivity index is 1.45. The molecule has 1 N–H and O–H groups in total. The fraction of sp³-hybridized carbons (Fsp3) is 0.684. The zero-order chi connectivity index (χ0) is 16.8. The van der Waals surface area contributed by atoms with E-state index < -0.39 is 0 Å². The van der Waals surface area contributed by atoms with Gasteiger partial charge in [-0.2, -0.15) is 0 Å². The Hall–Kier alpha value is -1.62. The molecule has 2 aliphatic rings. The van der Waals surface area contributed by atoms with E-state index in [2.05, 4.69) is 27.1 Å². The van der Waals surface area contributed by atoms with Crippen molar-refractivity contribution in [1.82, 2.24) is 15.2 Å². The maximum absolute atomic E-state index is 12.2. The fourth-order valence-corrected chi connectivity index (χ4v) is 3.71. The highest BCUT2D eigenvalue weighted by atomic mass is 16.1. The third kappa shape index (κ3) is 4.69. The number of nitrogens with one attached hydrogen (secondary N) is 1. The number of anilines is 1. The zero-order valence-electron chi connectivity index (χ0n) is 14.8. The molecule has 5 nitrogen and oxygen atoms in total. The first-order valence-electron chi connectivity index (χ1n) is 9.40. The Morgan fingerprint density at radius 3 is 2.58 bits per heavy atom. The Kier molecular flexibility index (Phi) is 6.07. The highest BCUT2D eigenvalue weighted by Gasteiger charge is 2.16. The second-order valence-electron chi connectivity index (χ2n) is 7.24. The van der Waals surface area contributed by atoms with E-state index in [1.165, 1.54) is 32.1 Å². The molecule has 0 unspecified atom stereocenters. The van der Waals surface area contributed by atoms with Crippen LogP contribution in [-0.2, 0) is 0 Å². The number of aromatic nitrogens is 1. The van der Waals surface area contributed by atoms with Crippen LogP contribution in [0.15, 0.2) is 18.3 Å². The summed E-state index contributed by atoms with van der Waals surface area (Å²) in [6, 6.07) is 3.87. The van der Waals surface area contributed by atoms with Gasteiger partial charge in [0.05, 0.1) is 5.56 Å². The number of rotatable bonds is 5. The highest BCUT2D eigenvalue weighted by molar-refractivity contribution is 5.94. The molecule has 2 fully saturated rings. The topological polar surface area (TPSA) is 48.5 Å². The molecule has 1 aromatic rings. The third-order valence-electron chi connectivity index (χ3n) is 5.40. The number of hydrogen-bond donors (Lipinski definition) is 1. The minimum Gasteiger partial charge on any atom is -0.354 e. The smallest absolute Gasteiger partial charge is 0.252 e. The Morgan fingerprint density at radius 2 is 1.92 bits per heavy atom. The number of hydrogen-bond acceptors (Lipinski definition) is 4. The molecule has 1 aliphatic heterocycles. The van der Waals surface area contributed by atoms with Gasteiger partial charge in [0.2, 0.25) is 0 Å². The molecule has 1 aromatic heterocycles. The van der Waals surface area contributed by atoms with Crippen molar-refractivity contribution in [2.75, 3.05) is 44.7 Å². The van der Waals surface area contributed by atoms with Gasteiger partial charge in [0.25, 0.3) is 5.91 Å². The number of nitrogens with zero attached hydrogens (tertiary/aromatic N) is 3. The lowest BCUT2D eigenvalue weighted by Crippen LogP contribution is -2.44. The van der Waals surface area contributed by atoms with Crippen LogP contribution < -0.4 is 10.2 Å². The third-order valence-corrected chi connectivity index (χ3v) is 5.40. The number of likely N-dealkylation sites (N-methyl/N-ethyl adjacent to an activating group) is 1. The van der Waals surface area contributed by atoms with E-state index >= 15 is 0 Å². The first kappa shape index (κ1) is 17.2. The van der Waals surface area contributed by atoms with Gasteiger partial charge < -0.3 is 15.1 Å². The summed E-state index contributed by atoms with van der Waals surface area (Å²) in [6.07, 6.45) is 9.58. The number of carbonyl (C=O) groups excluding carboxylic acids is 1. The monoisotopic (exact) mass is 330 g/mol. The second kappa shape index (κ2) is 8.47. The molecule has 0 radical (unpaired) electrons. The van der Waals surface area contributed by atoms with Crippen molar-refractivity contribution >= 4 is 11.7 Å². The highest BCUT2D eigenvalue weighted by Crippen LogP contribution is 2.25. The van der Waals surface area contributed by atoms with Crippen molar-refractivity contribution in [2.45, 2.75) is 38.5 Å². The summed E-state index contributed by atoms with van der Waals surface area (Å²) in [4.78, 5) is 21.3. The molecule has 24 heavy (non-hydrogen) atoms. The molecule has 1 amide bonds. The molecule has 0 bridgehead atoms. The summed E-state index contributed by atoms with van der Waals surface area (Å²) in [6.45, 7) is 4.90. The number of pyridine rings is 1. The van der Waals surface area contributed by atoms with Crippen LogP contribution in [0, 0.1) is 5.92 Å². The van der Waals surface area contributed by atoms with Crippen LogP contribution in [0.4, 0.5) is 5.82 Å². The molecule has 1 aliphatic carbocycles. The maximum Gasteiger partial charge on any atom is 0.252 e. The van der Waals surface area contributed by atoms with Gasteiger partial charge in [-0.15, -0.1) is 0 Å². The number of carbonyl (C=O) groups is 1. The maximum atomic E-state index is 12.2. The van der Waals surface area contributed by atoms with Gasteiger partial charge in [-0.05, 0) is 31.5 Å². The van der Waals surface area contributed by atoms with Crippen LogP contribution in [0.25, 0.3) is 0 Å². The summed E-state index contributed by atoms with van der Waals surface area (Å²) in [5, 5.41) is 3.05. The van der Waals surface area contributed by atoms with Crippen molar-refractivity contribution in [2.24, 2.45) is 5.92 Å². The summed E-state index contributed by atoms with van der Waals surface area (Å²) < 4.78 is 0. The van der Waals surface area contributed by atoms with Crippen LogP contribution in [0.2, 0.25) is 0 Å². The summed E-state index contributed by atoms with van der Waals surface area (Å²) in [7, 11) is 2.14. The largest absolute Gasteiger partial charge is 0.354 e. The number of piperazine rings is 1. The van der Waals surface area contributed by atoms with E-state index in [1.807, 2.05) is 12.1 Å². The van der Waals surface area contributed by atoms with Crippen LogP contribution in [0.1, 0.15) is 48.9 Å². The van der Waals surface area contributed by atoms with Crippen molar-refractivity contribution in [1.29, 1.82) is 0 Å². The Bertz CT molecular complexity index is 517. The van der Waals surface area contributed by atoms with Crippen molar-refractivity contribution in [3.05, 3.63) is 23.9 Å². The molecule has 2 heterocycles. The minimum absolute atomic E-state index is 0.00300. The van der Waals surface area contributed by atoms with Crippen LogP contribution >= 0.6 is 0 Å². The van der Waals surface area contributed by atoms with Gasteiger partial charge in [0.15, 0.2) is 0 Å². The molecule has 3 rings (SSSR count). The quantitative estimate of drug-likeness (QED) is 0.901. The summed E-state index contributed by atoms with van der Waals surface area (Å²) in [5.74, 6) is 1.78. The lowest BCUT2D eigenvalue weighted by atomic mass is 9.87. The predicted molar refractivity (Wildman–Crippen MR) is 97.5 cm³/mol. The molecule has 132 valence electrons. The molecular weight excluding hydrogens is 300 g/mol. The first-order valence-corrected chi connectivity index (χ1v) is 9.40. The van der Waals surface area contributed by atoms with Crippen molar-refractivity contribution in [3.8, 4) is 0 Å². The minimum atomic E-state index is 0.00300. The van der Waals surface area contributed by atoms with Gasteiger partial charge in [-0.3, -0.25) is 4.79 Å². The standard InChI is InChI=1S/C19H30N4O/c1-22-11-13-23(14-12-22)18-8-7-17(15-21-18)19(24)20-10-9-16-5-3-2-4-6-16/h7-8,15-16H,2-6,9-14H2,1H3,(H,20,24). The van der Waals surface area contributed by atoms with Crippen molar-refractivity contribution in [3.63, 3.8) is 0 Å². The average molecular weight is 330 g/mol. The van der Waals surface area contributed by atoms with Crippen LogP contribution in [0.3, 0.4) is 0 Å². The average Bonchev–Trinajstić information content (AvgIpc) is 2.63. The van der Waals surface area contributed by atoms with E-state index in [9.17, 15) is 4.79 Å². The Morgan fingerprint density at radius 1 is 1.17 bits per heavy atom. The lowest BCUT2D eigenvalue weighted by molar-refractivity contribution is 0.0950. The van der Waals surface area contributed by atoms with Gasteiger partial charge in [0.1, 0.15) is 5.82 Å². The molecule has 1 saturated heterocycles. The second-order valence-corrected chi connectivity index (χ2v) is 7.24. The van der Waals surface area contributed by atoms with Crippen LogP contribution in [0.5, 0.6) is 0 Å². The normalized spacial score (nSPS) is 20.1. The SMILES string of the molecule is CN1CCN(c2ccc(C(=O)NCCC3CCCCC3)cn2)CC1. The molecular formula is C19H30N4O. The molecule has 5 heteroatoms. The first-order chi connectivity index (χ1) is 11.7. The zero-order valence-corrected chi connectivity index (χ0v) is 14.8. The van der Waals surface area contributed by atoms with Gasteiger partial charge in [-0.1, -0.05) is 32.1 Å². The molecule has 0 aromatic carbocycles. The van der Waals surface area contributed by atoms with Gasteiger partial charge in [-0.25, -0.2) is 4.98 Å². The molecule has 0 spiro atoms. The lowest BCUT2D eigenvalue weighted by Gasteiger charge is -2.33. The molecule has 0 atom stereocenters. The fourth-order valence-electron chi connectivity index (χ4n) is 3.71. The number of amides is 1. The van der Waals surface area contributed by atoms with E-state index in [4.69, 9.17) is 0 Å². The summed E-state index contributed by atoms with van der Waals surface area (Å²) >= 11 is 0. The van der Waals surface area contributed by atoms with E-state index in [0.717, 1.165) is 50.9 Å². The van der Waals surface area contributed by atoms with E-state index in [0.29, 0.717) is 5.56 Å². The van der Waals surface area contributed by atoms with Gasteiger partial charge >= 0.3 is 0 Å². The van der Waals surface area contributed by atoms with Gasteiger partial charge in [0, 0.05) is 38.9 Å². The van der Waals surface area contributed by atoms with Crippen molar-refractivity contribution < 1.29 is 4.79 Å². The van der Waals surface area contributed by atoms with Crippen LogP contribution in [-0.4, -0.2) is 55.6 Å². The van der Waals surface area contributed by atoms with E-state index in [1.54, 1.807) is 6.20 Å².